The van der Waals surface area contributed by atoms with Crippen LogP contribution < -0.4 is 11.1 Å². The molecule has 4 aliphatic carbocycles. The van der Waals surface area contributed by atoms with Gasteiger partial charge in [0.1, 0.15) is 0 Å². The van der Waals surface area contributed by atoms with Crippen molar-refractivity contribution in [2.24, 2.45) is 28.9 Å². The summed E-state index contributed by atoms with van der Waals surface area (Å²) in [6.45, 7) is 3.60. The van der Waals surface area contributed by atoms with E-state index in [4.69, 9.17) is 17.3 Å². The van der Waals surface area contributed by atoms with Gasteiger partial charge in [0.25, 0.3) is 5.91 Å². The molecule has 4 saturated carbocycles. The van der Waals surface area contributed by atoms with Crippen molar-refractivity contribution in [2.45, 2.75) is 57.5 Å². The summed E-state index contributed by atoms with van der Waals surface area (Å²) >= 11 is 6.39. The number of carbonyl (C=O) groups excluding carboxylic acids is 1. The Morgan fingerprint density at radius 1 is 1.17 bits per heavy atom. The Bertz CT molecular complexity index is 733. The molecule has 1 aliphatic heterocycles. The molecule has 29 heavy (non-hydrogen) atoms. The number of halogens is 2. The van der Waals surface area contributed by atoms with Crippen molar-refractivity contribution in [1.82, 2.24) is 10.2 Å². The lowest BCUT2D eigenvalue weighted by Gasteiger charge is -2.56. The van der Waals surface area contributed by atoms with Crippen LogP contribution in [-0.2, 0) is 6.54 Å². The molecule has 0 aromatic heterocycles. The van der Waals surface area contributed by atoms with Crippen molar-refractivity contribution in [3.8, 4) is 0 Å². The highest BCUT2D eigenvalue weighted by Gasteiger charge is 2.50. The summed E-state index contributed by atoms with van der Waals surface area (Å²) in [5.74, 6) is 2.70. The molecule has 4 bridgehead atoms. The third kappa shape index (κ3) is 4.46. The van der Waals surface area contributed by atoms with Crippen molar-refractivity contribution in [2.75, 3.05) is 19.6 Å². The minimum Gasteiger partial charge on any atom is -0.351 e. The zero-order valence-corrected chi connectivity index (χ0v) is 18.6. The zero-order valence-electron chi connectivity index (χ0n) is 17.0. The summed E-state index contributed by atoms with van der Waals surface area (Å²) in [7, 11) is 0. The number of amides is 1. The Labute approximate surface area is 185 Å². The van der Waals surface area contributed by atoms with E-state index in [1.165, 1.54) is 38.5 Å². The molecule has 0 unspecified atom stereocenters. The number of hydrogen-bond donors (Lipinski definition) is 2. The van der Waals surface area contributed by atoms with E-state index in [0.29, 0.717) is 16.0 Å². The molecule has 1 saturated heterocycles. The Morgan fingerprint density at radius 3 is 2.41 bits per heavy atom. The van der Waals surface area contributed by atoms with Gasteiger partial charge in [0.2, 0.25) is 0 Å². The van der Waals surface area contributed by atoms with E-state index in [2.05, 4.69) is 10.2 Å². The van der Waals surface area contributed by atoms with Gasteiger partial charge >= 0.3 is 0 Å². The van der Waals surface area contributed by atoms with Crippen molar-refractivity contribution in [1.29, 1.82) is 0 Å². The minimum atomic E-state index is -0.0132. The number of nitrogens with two attached hydrogens (primary N) is 1. The van der Waals surface area contributed by atoms with E-state index in [-0.39, 0.29) is 24.4 Å². The molecule has 5 fully saturated rings. The van der Waals surface area contributed by atoms with Crippen molar-refractivity contribution >= 4 is 29.9 Å². The van der Waals surface area contributed by atoms with Crippen LogP contribution in [0.5, 0.6) is 0 Å². The fourth-order valence-electron chi connectivity index (χ4n) is 6.98. The molecule has 0 spiro atoms. The second-order valence-corrected chi connectivity index (χ2v) is 10.6. The normalized spacial score (nSPS) is 35.5. The summed E-state index contributed by atoms with van der Waals surface area (Å²) in [5.41, 5.74) is 8.12. The molecule has 6 heteroatoms. The number of likely N-dealkylation sites (tertiary alicyclic amines) is 1. The number of nitrogens with zero attached hydrogens (tertiary/aromatic N) is 1. The molecule has 6 rings (SSSR count). The number of rotatable bonds is 5. The van der Waals surface area contributed by atoms with E-state index < -0.39 is 0 Å². The first-order valence-electron chi connectivity index (χ1n) is 11.0. The van der Waals surface area contributed by atoms with Gasteiger partial charge in [-0.15, -0.1) is 12.4 Å². The first-order valence-corrected chi connectivity index (χ1v) is 11.4. The molecular weight excluding hydrogens is 405 g/mol. The van der Waals surface area contributed by atoms with Crippen LogP contribution in [-0.4, -0.2) is 36.5 Å². The van der Waals surface area contributed by atoms with E-state index in [1.54, 1.807) is 0 Å². The standard InChI is InChI=1S/C23H32ClN3O.ClH/c24-21-2-1-15(12-27-4-3-19(25)13-27)8-20(21)22(28)26-14-23-9-16-5-17(10-23)7-18(6-16)11-23;/h1-2,8,16-19H,3-7,9-14,25H2,(H,26,28);1H/t16?,17?,18?,19-,23?;/m1./s1. The van der Waals surface area contributed by atoms with Gasteiger partial charge in [-0.3, -0.25) is 9.69 Å². The van der Waals surface area contributed by atoms with Crippen LogP contribution in [0.1, 0.15) is 60.9 Å². The average molecular weight is 438 g/mol. The average Bonchev–Trinajstić information content (AvgIpc) is 3.05. The van der Waals surface area contributed by atoms with Crippen LogP contribution in [0.4, 0.5) is 0 Å². The summed E-state index contributed by atoms with van der Waals surface area (Å²) in [6.07, 6.45) is 9.27. The van der Waals surface area contributed by atoms with Crippen LogP contribution in [0.2, 0.25) is 5.02 Å². The molecule has 4 nitrogen and oxygen atoms in total. The zero-order chi connectivity index (χ0) is 19.3. The molecule has 0 radical (unpaired) electrons. The smallest absolute Gasteiger partial charge is 0.252 e. The fraction of sp³-hybridized carbons (Fsp3) is 0.696. The number of carbonyl (C=O) groups is 1. The van der Waals surface area contributed by atoms with Crippen molar-refractivity contribution < 1.29 is 4.79 Å². The van der Waals surface area contributed by atoms with Gasteiger partial charge < -0.3 is 11.1 Å². The molecule has 1 heterocycles. The van der Waals surface area contributed by atoms with Crippen LogP contribution in [0.15, 0.2) is 18.2 Å². The summed E-state index contributed by atoms with van der Waals surface area (Å²) in [4.78, 5) is 15.3. The Kier molecular flexibility index (Phi) is 6.19. The molecule has 1 aromatic carbocycles. The van der Waals surface area contributed by atoms with Crippen LogP contribution in [0, 0.1) is 23.2 Å². The van der Waals surface area contributed by atoms with E-state index >= 15 is 0 Å². The summed E-state index contributed by atoms with van der Waals surface area (Å²) < 4.78 is 0. The van der Waals surface area contributed by atoms with Gasteiger partial charge in [-0.25, -0.2) is 0 Å². The number of nitrogens with one attached hydrogen (secondary N) is 1. The lowest BCUT2D eigenvalue weighted by molar-refractivity contribution is -0.0503. The second-order valence-electron chi connectivity index (χ2n) is 10.2. The minimum absolute atomic E-state index is 0. The maximum atomic E-state index is 13.0. The lowest BCUT2D eigenvalue weighted by Crippen LogP contribution is -2.51. The highest BCUT2D eigenvalue weighted by Crippen LogP contribution is 2.59. The summed E-state index contributed by atoms with van der Waals surface area (Å²) in [5, 5.41) is 3.81. The second kappa shape index (κ2) is 8.37. The highest BCUT2D eigenvalue weighted by atomic mass is 35.5. The number of hydrogen-bond acceptors (Lipinski definition) is 3. The molecule has 1 aromatic rings. The Hall–Kier alpha value is -0.810. The molecule has 1 amide bonds. The molecular formula is C23H33Cl2N3O. The fourth-order valence-corrected chi connectivity index (χ4v) is 7.18. The Morgan fingerprint density at radius 2 is 1.83 bits per heavy atom. The lowest BCUT2D eigenvalue weighted by atomic mass is 9.49. The van der Waals surface area contributed by atoms with Crippen molar-refractivity contribution in [3.63, 3.8) is 0 Å². The van der Waals surface area contributed by atoms with Gasteiger partial charge in [0.15, 0.2) is 0 Å². The molecule has 3 N–H and O–H groups in total. The van der Waals surface area contributed by atoms with Gasteiger partial charge in [-0.1, -0.05) is 17.7 Å². The van der Waals surface area contributed by atoms with E-state index in [0.717, 1.165) is 55.9 Å². The largest absolute Gasteiger partial charge is 0.351 e. The molecule has 5 aliphatic rings. The van der Waals surface area contributed by atoms with Crippen LogP contribution in [0.25, 0.3) is 0 Å². The summed E-state index contributed by atoms with van der Waals surface area (Å²) in [6, 6.07) is 6.14. The first-order chi connectivity index (χ1) is 13.5. The predicted molar refractivity (Wildman–Crippen MR) is 120 cm³/mol. The molecule has 1 atom stereocenters. The quantitative estimate of drug-likeness (QED) is 0.723. The monoisotopic (exact) mass is 437 g/mol. The van der Waals surface area contributed by atoms with E-state index in [1.807, 2.05) is 18.2 Å². The first kappa shape index (κ1) is 21.4. The topological polar surface area (TPSA) is 58.4 Å². The van der Waals surface area contributed by atoms with Gasteiger partial charge in [-0.2, -0.15) is 0 Å². The highest BCUT2D eigenvalue weighted by molar-refractivity contribution is 6.33. The van der Waals surface area contributed by atoms with E-state index in [9.17, 15) is 4.79 Å². The SMILES string of the molecule is Cl.N[C@@H]1CCN(Cc2ccc(Cl)c(C(=O)NCC34CC5CC(CC(C5)C3)C4)c2)C1. The Balaban J connectivity index is 0.00000205. The van der Waals surface area contributed by atoms with Crippen molar-refractivity contribution in [3.05, 3.63) is 34.3 Å². The van der Waals surface area contributed by atoms with Gasteiger partial charge in [0.05, 0.1) is 10.6 Å². The third-order valence-corrected chi connectivity index (χ3v) is 8.11. The molecule has 160 valence electrons. The van der Waals surface area contributed by atoms with Crippen LogP contribution in [0.3, 0.4) is 0 Å². The maximum Gasteiger partial charge on any atom is 0.252 e. The van der Waals surface area contributed by atoms with Gasteiger partial charge in [-0.05, 0) is 85.8 Å². The third-order valence-electron chi connectivity index (χ3n) is 7.78. The maximum absolute atomic E-state index is 13.0. The number of benzene rings is 1. The van der Waals surface area contributed by atoms with Gasteiger partial charge in [0, 0.05) is 32.2 Å². The predicted octanol–water partition coefficient (Wildman–Crippen LogP) is 4.24. The van der Waals surface area contributed by atoms with Crippen LogP contribution >= 0.6 is 24.0 Å².